The summed E-state index contributed by atoms with van der Waals surface area (Å²) < 4.78 is 77.2. The third kappa shape index (κ3) is 5.81. The zero-order chi connectivity index (χ0) is 37.5. The molecule has 15 heteroatoms. The maximum absolute atomic E-state index is 17.4. The van der Waals surface area contributed by atoms with E-state index in [2.05, 4.69) is 14.8 Å². The van der Waals surface area contributed by atoms with Gasteiger partial charge in [0.15, 0.2) is 12.6 Å². The van der Waals surface area contributed by atoms with Crippen LogP contribution >= 0.6 is 0 Å². The van der Waals surface area contributed by atoms with Crippen LogP contribution in [-0.2, 0) is 9.47 Å². The number of halogens is 3. The first-order valence-electron chi connectivity index (χ1n) is 18.6. The van der Waals surface area contributed by atoms with Crippen molar-refractivity contribution in [2.24, 2.45) is 0 Å². The monoisotopic (exact) mass is 748 g/mol. The highest BCUT2D eigenvalue weighted by Crippen LogP contribution is 2.47. The summed E-state index contributed by atoms with van der Waals surface area (Å²) >= 11 is 0. The van der Waals surface area contributed by atoms with E-state index in [-0.39, 0.29) is 71.5 Å². The molecule has 5 atom stereocenters. The molecule has 5 aliphatic rings. The minimum atomic E-state index is -0.960. The predicted molar refractivity (Wildman–Crippen MR) is 193 cm³/mol. The van der Waals surface area contributed by atoms with Crippen molar-refractivity contribution in [1.29, 1.82) is 0 Å². The van der Waals surface area contributed by atoms with E-state index in [1.165, 1.54) is 19.2 Å². The van der Waals surface area contributed by atoms with Gasteiger partial charge in [0.1, 0.15) is 59.0 Å². The van der Waals surface area contributed by atoms with Crippen LogP contribution in [0.1, 0.15) is 52.9 Å². The fourth-order valence-corrected chi connectivity index (χ4v) is 9.31. The number of fused-ring (bicyclic) bond motifs is 7. The second-order valence-electron chi connectivity index (χ2n) is 16.1. The van der Waals surface area contributed by atoms with Gasteiger partial charge in [-0.2, -0.15) is 9.97 Å². The Kier molecular flexibility index (Phi) is 8.45. The van der Waals surface area contributed by atoms with Gasteiger partial charge < -0.3 is 28.6 Å². The summed E-state index contributed by atoms with van der Waals surface area (Å²) in [4.78, 5) is 33.8. The average Bonchev–Trinajstić information content (AvgIpc) is 3.73. The van der Waals surface area contributed by atoms with Crippen molar-refractivity contribution in [3.8, 4) is 28.9 Å². The molecule has 1 amide bonds. The summed E-state index contributed by atoms with van der Waals surface area (Å²) in [6.45, 7) is 7.17. The summed E-state index contributed by atoms with van der Waals surface area (Å²) in [5.41, 5.74) is -1.35. The number of carbonyl (C=O) groups is 1. The molecule has 0 N–H and O–H groups in total. The van der Waals surface area contributed by atoms with Gasteiger partial charge in [0.05, 0.1) is 23.7 Å². The Hall–Kier alpha value is -4.63. The largest absolute Gasteiger partial charge is 0.475 e. The van der Waals surface area contributed by atoms with Gasteiger partial charge in [0, 0.05) is 37.6 Å². The molecule has 286 valence electrons. The van der Waals surface area contributed by atoms with E-state index in [9.17, 15) is 9.18 Å². The number of hydrogen-bond acceptors (Lipinski definition) is 11. The summed E-state index contributed by atoms with van der Waals surface area (Å²) in [6.07, 6.45) is 2.13. The molecule has 2 aromatic heterocycles. The van der Waals surface area contributed by atoms with Crippen LogP contribution in [0, 0.1) is 11.6 Å². The van der Waals surface area contributed by atoms with E-state index in [0.29, 0.717) is 42.9 Å². The molecular formula is C39H43F3N6O6. The first kappa shape index (κ1) is 35.1. The van der Waals surface area contributed by atoms with E-state index >= 15 is 8.78 Å². The van der Waals surface area contributed by atoms with Crippen molar-refractivity contribution in [3.05, 3.63) is 42.0 Å². The Morgan fingerprint density at radius 1 is 1.06 bits per heavy atom. The number of methoxy groups -OCH3 is 1. The Morgan fingerprint density at radius 3 is 2.72 bits per heavy atom. The number of hydrogen-bond donors (Lipinski definition) is 0. The van der Waals surface area contributed by atoms with Gasteiger partial charge in [-0.1, -0.05) is 12.1 Å². The van der Waals surface area contributed by atoms with Crippen molar-refractivity contribution >= 4 is 33.6 Å². The van der Waals surface area contributed by atoms with Crippen LogP contribution in [0.25, 0.3) is 32.9 Å². The lowest BCUT2D eigenvalue weighted by atomic mass is 9.95. The van der Waals surface area contributed by atoms with Crippen LogP contribution in [0.15, 0.2) is 30.3 Å². The number of rotatable bonds is 7. The highest BCUT2D eigenvalue weighted by atomic mass is 19.1. The molecular weight excluding hydrogens is 705 g/mol. The number of aromatic nitrogens is 3. The highest BCUT2D eigenvalue weighted by molar-refractivity contribution is 6.02. The fourth-order valence-electron chi connectivity index (χ4n) is 9.31. The molecule has 5 aliphatic heterocycles. The van der Waals surface area contributed by atoms with Gasteiger partial charge in [-0.25, -0.2) is 22.9 Å². The third-order valence-electron chi connectivity index (χ3n) is 11.5. The van der Waals surface area contributed by atoms with Gasteiger partial charge >= 0.3 is 12.1 Å². The van der Waals surface area contributed by atoms with Gasteiger partial charge in [0.2, 0.25) is 5.88 Å². The van der Waals surface area contributed by atoms with E-state index in [4.69, 9.17) is 33.7 Å². The number of nitrogens with zero attached hydrogens (tertiary/aromatic N) is 6. The van der Waals surface area contributed by atoms with E-state index in [0.717, 1.165) is 25.8 Å². The molecule has 0 saturated carbocycles. The summed E-state index contributed by atoms with van der Waals surface area (Å²) in [5.74, 6) is -0.626. The molecule has 2 aromatic carbocycles. The minimum absolute atomic E-state index is 0.0705. The van der Waals surface area contributed by atoms with Crippen molar-refractivity contribution in [1.82, 2.24) is 24.8 Å². The molecule has 4 saturated heterocycles. The lowest BCUT2D eigenvalue weighted by Gasteiger charge is -2.46. The molecule has 0 spiro atoms. The predicted octanol–water partition coefficient (Wildman–Crippen LogP) is 6.41. The van der Waals surface area contributed by atoms with Crippen LogP contribution < -0.4 is 19.1 Å². The SMILES string of the molecule is COCOc1cc(-c2nc3c4c(nc(OC[C@@]56CCCN5C[C@H](F)C6)nc4c2F)N2C[C@H]4CC[C@@H]([C@H]2CO3)N4C(=O)OC(C)(C)C)c2c(F)cccc2c1. The summed E-state index contributed by atoms with van der Waals surface area (Å²) in [5, 5.41) is 0.862. The zero-order valence-electron chi connectivity index (χ0n) is 30.7. The topological polar surface area (TPSA) is 112 Å². The van der Waals surface area contributed by atoms with Gasteiger partial charge in [-0.15, -0.1) is 0 Å². The normalized spacial score (nSPS) is 26.1. The number of benzene rings is 2. The van der Waals surface area contributed by atoms with Crippen molar-refractivity contribution in [2.45, 2.75) is 88.3 Å². The fraction of sp³-hybridized carbons (Fsp3) is 0.538. The summed E-state index contributed by atoms with van der Waals surface area (Å²) in [7, 11) is 1.48. The van der Waals surface area contributed by atoms with Gasteiger partial charge in [-0.05, 0) is 76.6 Å². The van der Waals surface area contributed by atoms with Crippen LogP contribution in [0.2, 0.25) is 0 Å². The molecule has 0 radical (unpaired) electrons. The maximum Gasteiger partial charge on any atom is 0.410 e. The molecule has 54 heavy (non-hydrogen) atoms. The van der Waals surface area contributed by atoms with Gasteiger partial charge in [0.25, 0.3) is 0 Å². The van der Waals surface area contributed by atoms with Crippen molar-refractivity contribution < 1.29 is 41.7 Å². The standard InChI is InChI=1S/C39H43F3N6O6/c1-38(2,3)54-37(49)48-23-9-10-27(48)28-18-51-35-30-33(31(42)32(43-35)25-14-24(53-20-50-4)13-21-7-5-8-26(41)29(21)25)44-36(45-34(30)47(28)17-23)52-19-39-11-6-12-46(39)16-22(40)15-39/h5,7-8,13-14,22-23,27-28H,6,9-12,15-20H2,1-4H3/t22-,23-,27+,28-,39+/m1/s1. The van der Waals surface area contributed by atoms with Crippen LogP contribution in [0.4, 0.5) is 23.8 Å². The van der Waals surface area contributed by atoms with E-state index < -0.39 is 41.1 Å². The van der Waals surface area contributed by atoms with Crippen molar-refractivity contribution in [2.75, 3.05) is 51.7 Å². The minimum Gasteiger partial charge on any atom is -0.475 e. The van der Waals surface area contributed by atoms with Crippen molar-refractivity contribution in [3.63, 3.8) is 0 Å². The molecule has 0 aliphatic carbocycles. The molecule has 4 fully saturated rings. The molecule has 7 heterocycles. The quantitative estimate of drug-likeness (QED) is 0.196. The number of amides is 1. The lowest BCUT2D eigenvalue weighted by molar-refractivity contribution is 0.00537. The molecule has 2 bridgehead atoms. The molecule has 0 unspecified atom stereocenters. The second kappa shape index (κ2) is 13.0. The molecule has 9 rings (SSSR count). The Morgan fingerprint density at radius 2 is 1.91 bits per heavy atom. The number of carbonyl (C=O) groups excluding carboxylic acids is 1. The molecule has 4 aromatic rings. The first-order valence-corrected chi connectivity index (χ1v) is 18.6. The third-order valence-corrected chi connectivity index (χ3v) is 11.5. The lowest BCUT2D eigenvalue weighted by Crippen LogP contribution is -2.63. The number of pyridine rings is 1. The number of anilines is 1. The van der Waals surface area contributed by atoms with Gasteiger partial charge in [-0.3, -0.25) is 9.80 Å². The van der Waals surface area contributed by atoms with Crippen LogP contribution in [-0.4, -0.2) is 113 Å². The smallest absolute Gasteiger partial charge is 0.410 e. The maximum atomic E-state index is 17.4. The van der Waals surface area contributed by atoms with Crippen LogP contribution in [0.5, 0.6) is 17.6 Å². The zero-order valence-corrected chi connectivity index (χ0v) is 30.7. The Balaban J connectivity index is 1.19. The number of ether oxygens (including phenoxy) is 5. The van der Waals surface area contributed by atoms with Crippen LogP contribution in [0.3, 0.4) is 0 Å². The summed E-state index contributed by atoms with van der Waals surface area (Å²) in [6, 6.07) is 6.81. The van der Waals surface area contributed by atoms with E-state index in [1.54, 1.807) is 18.2 Å². The number of piperazine rings is 1. The first-order chi connectivity index (χ1) is 25.9. The Bertz CT molecular complexity index is 2150. The van der Waals surface area contributed by atoms with E-state index in [1.807, 2.05) is 25.7 Å². The molecule has 12 nitrogen and oxygen atoms in total. The second-order valence-corrected chi connectivity index (χ2v) is 16.1. The average molecular weight is 749 g/mol. The highest BCUT2D eigenvalue weighted by Gasteiger charge is 2.52. The number of alkyl halides is 1. The Labute approximate surface area is 310 Å².